The maximum absolute atomic E-state index is 12.6. The monoisotopic (exact) mass is 404 g/mol. The zero-order valence-corrected chi connectivity index (χ0v) is 16.9. The lowest BCUT2D eigenvalue weighted by Gasteiger charge is -2.46. The number of carbonyl (C=O) groups excluding carboxylic acids is 2. The molecule has 30 heavy (non-hydrogen) atoms. The van der Waals surface area contributed by atoms with E-state index in [9.17, 15) is 14.7 Å². The molecule has 154 valence electrons. The number of rotatable bonds is 4. The second kappa shape index (κ2) is 7.38. The highest BCUT2D eigenvalue weighted by atomic mass is 16.3. The number of phenols is 1. The Hall–Kier alpha value is -3.53. The molecule has 1 aliphatic carbocycles. The Balaban J connectivity index is 1.83. The number of hydrogen-bond acceptors (Lipinski definition) is 5. The molecule has 7 nitrogen and oxygen atoms in total. The van der Waals surface area contributed by atoms with E-state index in [0.29, 0.717) is 22.7 Å². The van der Waals surface area contributed by atoms with Gasteiger partial charge in [-0.1, -0.05) is 6.92 Å². The van der Waals surface area contributed by atoms with Gasteiger partial charge in [-0.05, 0) is 60.7 Å². The fourth-order valence-corrected chi connectivity index (χ4v) is 4.61. The molecule has 0 bridgehead atoms. The lowest BCUT2D eigenvalue weighted by atomic mass is 9.79. The predicted molar refractivity (Wildman–Crippen MR) is 113 cm³/mol. The fraction of sp³-hybridized carbons (Fsp3) is 0.348. The number of fused-ring (bicyclic) bond motifs is 1. The second-order valence-corrected chi connectivity index (χ2v) is 8.18. The van der Waals surface area contributed by atoms with Gasteiger partial charge in [0.15, 0.2) is 0 Å². The molecule has 1 aliphatic heterocycles. The highest BCUT2D eigenvalue weighted by Crippen LogP contribution is 2.50. The molecule has 1 heterocycles. The van der Waals surface area contributed by atoms with Gasteiger partial charge in [-0.15, -0.1) is 0 Å². The Morgan fingerprint density at radius 2 is 1.97 bits per heavy atom. The van der Waals surface area contributed by atoms with E-state index < -0.39 is 5.91 Å². The van der Waals surface area contributed by atoms with Crippen molar-refractivity contribution in [3.05, 3.63) is 53.1 Å². The van der Waals surface area contributed by atoms with Gasteiger partial charge in [-0.3, -0.25) is 9.59 Å². The Kier molecular flexibility index (Phi) is 4.86. The van der Waals surface area contributed by atoms with Crippen LogP contribution in [0.5, 0.6) is 5.75 Å². The van der Waals surface area contributed by atoms with E-state index in [2.05, 4.69) is 12.2 Å². The molecule has 0 unspecified atom stereocenters. The first-order chi connectivity index (χ1) is 14.3. The van der Waals surface area contributed by atoms with E-state index in [4.69, 9.17) is 11.0 Å². The van der Waals surface area contributed by atoms with E-state index in [1.807, 2.05) is 11.0 Å². The van der Waals surface area contributed by atoms with Crippen LogP contribution in [0.1, 0.15) is 54.2 Å². The molecule has 2 amide bonds. The summed E-state index contributed by atoms with van der Waals surface area (Å²) in [6, 6.07) is 11.7. The van der Waals surface area contributed by atoms with Crippen molar-refractivity contribution < 1.29 is 14.7 Å². The van der Waals surface area contributed by atoms with Gasteiger partial charge in [0.25, 0.3) is 0 Å². The molecule has 2 aromatic rings. The maximum Gasteiger partial charge on any atom is 0.248 e. The molecule has 0 radical (unpaired) electrons. The van der Waals surface area contributed by atoms with Crippen LogP contribution in [0.25, 0.3) is 0 Å². The lowest BCUT2D eigenvalue weighted by Crippen LogP contribution is -2.51. The van der Waals surface area contributed by atoms with E-state index in [1.165, 1.54) is 6.07 Å². The minimum Gasteiger partial charge on any atom is -0.506 e. The zero-order chi connectivity index (χ0) is 21.6. The molecule has 1 saturated carbocycles. The topological polar surface area (TPSA) is 119 Å². The first-order valence-electron chi connectivity index (χ1n) is 10.0. The van der Waals surface area contributed by atoms with Crippen LogP contribution < -0.4 is 16.0 Å². The summed E-state index contributed by atoms with van der Waals surface area (Å²) in [6.07, 6.45) is 2.14. The number of nitrogens with zero attached hydrogens (tertiary/aromatic N) is 2. The largest absolute Gasteiger partial charge is 0.506 e. The van der Waals surface area contributed by atoms with E-state index in [-0.39, 0.29) is 29.7 Å². The fourth-order valence-electron chi connectivity index (χ4n) is 4.61. The Morgan fingerprint density at radius 1 is 1.23 bits per heavy atom. The van der Waals surface area contributed by atoms with Crippen LogP contribution in [-0.2, 0) is 4.79 Å². The summed E-state index contributed by atoms with van der Waals surface area (Å²) in [7, 11) is 0. The van der Waals surface area contributed by atoms with Crippen molar-refractivity contribution >= 4 is 23.2 Å². The third-order valence-electron chi connectivity index (χ3n) is 6.15. The molecule has 7 heteroatoms. The molecular weight excluding hydrogens is 380 g/mol. The summed E-state index contributed by atoms with van der Waals surface area (Å²) in [5.74, 6) is -0.153. The smallest absolute Gasteiger partial charge is 0.248 e. The minimum absolute atomic E-state index is 0.0204. The molecule has 4 N–H and O–H groups in total. The number of phenolic OH excluding ortho intramolecular Hbond substituents is 1. The van der Waals surface area contributed by atoms with Crippen LogP contribution >= 0.6 is 0 Å². The zero-order valence-electron chi connectivity index (χ0n) is 16.9. The number of nitrogens with two attached hydrogens (primary N) is 1. The minimum atomic E-state index is -0.538. The van der Waals surface area contributed by atoms with Gasteiger partial charge in [0, 0.05) is 30.1 Å². The molecule has 0 saturated heterocycles. The van der Waals surface area contributed by atoms with Crippen LogP contribution in [0.3, 0.4) is 0 Å². The summed E-state index contributed by atoms with van der Waals surface area (Å²) in [5, 5.41) is 22.9. The third kappa shape index (κ3) is 3.35. The molecule has 3 atom stereocenters. The van der Waals surface area contributed by atoms with Gasteiger partial charge in [0.2, 0.25) is 11.8 Å². The highest BCUT2D eigenvalue weighted by molar-refractivity contribution is 5.97. The van der Waals surface area contributed by atoms with Crippen LogP contribution in [0.4, 0.5) is 11.4 Å². The lowest BCUT2D eigenvalue weighted by molar-refractivity contribution is -0.117. The molecule has 0 spiro atoms. The number of carbonyl (C=O) groups is 2. The molecule has 0 aromatic heterocycles. The van der Waals surface area contributed by atoms with Gasteiger partial charge in [-0.25, -0.2) is 0 Å². The number of nitrogens with one attached hydrogen (secondary N) is 1. The number of benzene rings is 2. The average Bonchev–Trinajstić information content (AvgIpc) is 3.54. The average molecular weight is 404 g/mol. The number of nitriles is 1. The van der Waals surface area contributed by atoms with Crippen molar-refractivity contribution in [2.45, 2.75) is 38.8 Å². The van der Waals surface area contributed by atoms with Crippen molar-refractivity contribution in [1.82, 2.24) is 0 Å². The van der Waals surface area contributed by atoms with Crippen molar-refractivity contribution in [1.29, 1.82) is 5.26 Å². The Labute approximate surface area is 175 Å². The van der Waals surface area contributed by atoms with Crippen molar-refractivity contribution in [3.63, 3.8) is 0 Å². The maximum atomic E-state index is 12.6. The number of amides is 2. The van der Waals surface area contributed by atoms with Crippen LogP contribution in [0, 0.1) is 23.2 Å². The second-order valence-electron chi connectivity index (χ2n) is 8.18. The van der Waals surface area contributed by atoms with E-state index >= 15 is 0 Å². The standard InChI is InChI=1S/C23H24N4O3/c1-12-21(26-18-7-3-14(11-24)9-20(18)29)17-10-16(23(25)30)6-8-19(17)27(13(2)28)22(12)15-4-5-15/h3,6-10,12,15,21-22,26,29H,4-5H2,1-2H3,(H2,25,30)/t12-,21-,22-/m1/s1. The summed E-state index contributed by atoms with van der Waals surface area (Å²) in [6.45, 7) is 3.64. The number of aromatic hydroxyl groups is 1. The van der Waals surface area contributed by atoms with E-state index in [0.717, 1.165) is 24.1 Å². The summed E-state index contributed by atoms with van der Waals surface area (Å²) >= 11 is 0. The van der Waals surface area contributed by atoms with Crippen molar-refractivity contribution in [3.8, 4) is 11.8 Å². The summed E-state index contributed by atoms with van der Waals surface area (Å²) in [5.41, 5.74) is 8.27. The summed E-state index contributed by atoms with van der Waals surface area (Å²) in [4.78, 5) is 26.3. The first-order valence-corrected chi connectivity index (χ1v) is 10.0. The van der Waals surface area contributed by atoms with Gasteiger partial charge in [0.05, 0.1) is 23.4 Å². The quantitative estimate of drug-likeness (QED) is 0.676. The van der Waals surface area contributed by atoms with Crippen molar-refractivity contribution in [2.24, 2.45) is 17.6 Å². The van der Waals surface area contributed by atoms with Gasteiger partial charge >= 0.3 is 0 Å². The number of hydrogen-bond donors (Lipinski definition) is 3. The highest BCUT2D eigenvalue weighted by Gasteiger charge is 2.47. The molecule has 1 fully saturated rings. The van der Waals surface area contributed by atoms with Gasteiger partial charge in [-0.2, -0.15) is 5.26 Å². The van der Waals surface area contributed by atoms with Gasteiger partial charge in [0.1, 0.15) is 5.75 Å². The van der Waals surface area contributed by atoms with Crippen molar-refractivity contribution in [2.75, 3.05) is 10.2 Å². The van der Waals surface area contributed by atoms with Crippen LogP contribution in [-0.4, -0.2) is 23.0 Å². The van der Waals surface area contributed by atoms with Gasteiger partial charge < -0.3 is 21.1 Å². The van der Waals surface area contributed by atoms with E-state index in [1.54, 1.807) is 37.3 Å². The normalized spacial score (nSPS) is 22.7. The Bertz CT molecular complexity index is 1070. The molecule has 2 aromatic carbocycles. The molecule has 2 aliphatic rings. The molecule has 4 rings (SSSR count). The summed E-state index contributed by atoms with van der Waals surface area (Å²) < 4.78 is 0. The van der Waals surface area contributed by atoms with Crippen LogP contribution in [0.15, 0.2) is 36.4 Å². The number of primary amides is 1. The van der Waals surface area contributed by atoms with Crippen LogP contribution in [0.2, 0.25) is 0 Å². The molecular formula is C23H24N4O3. The number of anilines is 2. The predicted octanol–water partition coefficient (Wildman–Crippen LogP) is 3.30. The first kappa shape index (κ1) is 19.8. The Morgan fingerprint density at radius 3 is 2.53 bits per heavy atom. The third-order valence-corrected chi connectivity index (χ3v) is 6.15. The SMILES string of the molecule is CC(=O)N1c2ccc(C(N)=O)cc2[C@H](Nc2ccc(C#N)cc2O)[C@@H](C)[C@@H]1C1CC1.